The van der Waals surface area contributed by atoms with Crippen molar-refractivity contribution >= 4 is 23.6 Å². The summed E-state index contributed by atoms with van der Waals surface area (Å²) in [5.74, 6) is -0.0206. The van der Waals surface area contributed by atoms with E-state index in [1.165, 1.54) is 14.2 Å². The van der Waals surface area contributed by atoms with Gasteiger partial charge in [-0.1, -0.05) is 48.5 Å². The Bertz CT molecular complexity index is 1630. The smallest absolute Gasteiger partial charge is 0.246 e. The van der Waals surface area contributed by atoms with Crippen molar-refractivity contribution in [2.75, 3.05) is 73.7 Å². The molecule has 1 aromatic heterocycles. The molecule has 1 spiro atoms. The number of H-pyrrole nitrogens is 1. The minimum Gasteiger partial charge on any atom is -0.375 e. The summed E-state index contributed by atoms with van der Waals surface area (Å²) < 4.78 is 9.58. The highest BCUT2D eigenvalue weighted by molar-refractivity contribution is 5.86. The fourth-order valence-corrected chi connectivity index (χ4v) is 6.51. The molecular weight excluding hydrogens is 640 g/mol. The monoisotopic (exact) mass is 688 g/mol. The third-order valence-electron chi connectivity index (χ3n) is 9.36. The predicted octanol–water partition coefficient (Wildman–Crippen LogP) is 1.29. The molecule has 2 saturated heterocycles. The Kier molecular flexibility index (Phi) is 12.4. The molecule has 14 nitrogen and oxygen atoms in total. The minimum absolute atomic E-state index is 0.0291. The predicted molar refractivity (Wildman–Crippen MR) is 187 cm³/mol. The summed E-state index contributed by atoms with van der Waals surface area (Å²) in [6.45, 7) is 2.44. The first-order valence-corrected chi connectivity index (χ1v) is 16.9. The lowest BCUT2D eigenvalue weighted by Gasteiger charge is -2.27. The Morgan fingerprint density at radius 1 is 0.960 bits per heavy atom. The van der Waals surface area contributed by atoms with Crippen LogP contribution in [0, 0.1) is 0 Å². The van der Waals surface area contributed by atoms with Crippen LogP contribution in [-0.4, -0.2) is 128 Å². The molecular formula is C36H48N8O6. The van der Waals surface area contributed by atoms with Crippen molar-refractivity contribution in [1.82, 2.24) is 35.3 Å². The number of likely N-dealkylation sites (tertiary alicyclic amines) is 1. The first-order chi connectivity index (χ1) is 24.1. The molecule has 5 rings (SSSR count). The summed E-state index contributed by atoms with van der Waals surface area (Å²) in [6.07, 6.45) is 5.07. The molecule has 3 aromatic rings. The summed E-state index contributed by atoms with van der Waals surface area (Å²) in [6, 6.07) is 16.4. The molecule has 2 aliphatic rings. The number of hydrogen-bond donors (Lipinski definition) is 4. The number of aromatic amines is 1. The van der Waals surface area contributed by atoms with Gasteiger partial charge in [-0.25, -0.2) is 4.98 Å². The highest BCUT2D eigenvalue weighted by atomic mass is 16.5. The lowest BCUT2D eigenvalue weighted by Crippen LogP contribution is -2.47. The van der Waals surface area contributed by atoms with E-state index in [2.05, 4.69) is 74.0 Å². The van der Waals surface area contributed by atoms with Crippen LogP contribution in [0.25, 0.3) is 22.4 Å². The van der Waals surface area contributed by atoms with E-state index in [0.717, 1.165) is 59.6 Å². The van der Waals surface area contributed by atoms with Gasteiger partial charge in [-0.2, -0.15) is 0 Å². The average molecular weight is 689 g/mol. The Balaban J connectivity index is 1.08. The molecule has 5 N–H and O–H groups in total. The SMILES string of the molecule is COCC(=O)NCC(=O)N(C)CCCc1ncc(-c2ccc(-c3ccc(C(N)CN4CC45CCCN5C(=O)CNC(=O)COC)cc3)cc2)[nH]1. The second kappa shape index (κ2) is 16.9. The van der Waals surface area contributed by atoms with Crippen LogP contribution in [0.5, 0.6) is 0 Å². The summed E-state index contributed by atoms with van der Waals surface area (Å²) in [4.78, 5) is 62.0. The second-order valence-electron chi connectivity index (χ2n) is 12.9. The third kappa shape index (κ3) is 9.13. The van der Waals surface area contributed by atoms with Gasteiger partial charge in [-0.15, -0.1) is 0 Å². The lowest BCUT2D eigenvalue weighted by molar-refractivity contribution is -0.135. The molecule has 14 heteroatoms. The summed E-state index contributed by atoms with van der Waals surface area (Å²) in [5.41, 5.74) is 11.5. The van der Waals surface area contributed by atoms with Gasteiger partial charge in [-0.05, 0) is 41.5 Å². The zero-order valence-electron chi connectivity index (χ0n) is 29.1. The fraction of sp³-hybridized carbons (Fsp3) is 0.472. The molecule has 0 radical (unpaired) electrons. The van der Waals surface area contributed by atoms with Crippen LogP contribution in [0.1, 0.15) is 36.7 Å². The maximum atomic E-state index is 12.9. The van der Waals surface area contributed by atoms with Crippen molar-refractivity contribution in [3.8, 4) is 22.4 Å². The largest absolute Gasteiger partial charge is 0.375 e. The quantitative estimate of drug-likeness (QED) is 0.152. The fourth-order valence-electron chi connectivity index (χ4n) is 6.51. The number of hydrogen-bond acceptors (Lipinski definition) is 9. The third-order valence-corrected chi connectivity index (χ3v) is 9.36. The van der Waals surface area contributed by atoms with Crippen LogP contribution in [-0.2, 0) is 35.1 Å². The van der Waals surface area contributed by atoms with Gasteiger partial charge >= 0.3 is 0 Å². The van der Waals surface area contributed by atoms with Crippen LogP contribution < -0.4 is 16.4 Å². The number of amides is 4. The Morgan fingerprint density at radius 3 is 2.24 bits per heavy atom. The van der Waals surface area contributed by atoms with E-state index in [1.807, 2.05) is 11.1 Å². The topological polar surface area (TPSA) is 175 Å². The van der Waals surface area contributed by atoms with E-state index < -0.39 is 0 Å². The van der Waals surface area contributed by atoms with E-state index in [0.29, 0.717) is 26.1 Å². The highest BCUT2D eigenvalue weighted by Gasteiger charge is 2.59. The van der Waals surface area contributed by atoms with Gasteiger partial charge in [0.25, 0.3) is 0 Å². The molecule has 3 atom stereocenters. The van der Waals surface area contributed by atoms with Crippen LogP contribution >= 0.6 is 0 Å². The molecule has 3 heterocycles. The molecule has 3 unspecified atom stereocenters. The number of nitrogens with zero attached hydrogens (tertiary/aromatic N) is 4. The minimum atomic E-state index is -0.322. The number of carbonyl (C=O) groups excluding carboxylic acids is 4. The van der Waals surface area contributed by atoms with Crippen LogP contribution in [0.15, 0.2) is 54.7 Å². The highest BCUT2D eigenvalue weighted by Crippen LogP contribution is 2.45. The number of imidazole rings is 1. The number of nitrogens with one attached hydrogen (secondary N) is 3. The van der Waals surface area contributed by atoms with Gasteiger partial charge in [0.2, 0.25) is 23.6 Å². The van der Waals surface area contributed by atoms with Gasteiger partial charge in [0.15, 0.2) is 0 Å². The van der Waals surface area contributed by atoms with Crippen molar-refractivity contribution in [2.45, 2.75) is 37.4 Å². The van der Waals surface area contributed by atoms with Crippen molar-refractivity contribution < 1.29 is 28.7 Å². The molecule has 2 fully saturated rings. The van der Waals surface area contributed by atoms with E-state index >= 15 is 0 Å². The van der Waals surface area contributed by atoms with E-state index in [9.17, 15) is 19.2 Å². The van der Waals surface area contributed by atoms with Gasteiger partial charge in [0, 0.05) is 59.9 Å². The van der Waals surface area contributed by atoms with Gasteiger partial charge in [0.05, 0.1) is 25.0 Å². The standard InChI is InChI=1S/C36H48N8O6/c1-42(34(47)19-39-32(45)22-49-2)16-4-6-31-38-18-30(41-31)28-13-9-26(10-14-28)25-7-11-27(12-8-25)29(37)21-43-24-36(43)15-5-17-44(36)35(48)20-40-33(46)23-50-3/h7-14,18,29H,4-6,15-17,19-24,37H2,1-3H3,(H,38,41)(H,39,45)(H,40,46). The van der Waals surface area contributed by atoms with Crippen molar-refractivity contribution in [3.63, 3.8) is 0 Å². The Labute approximate surface area is 292 Å². The molecule has 0 saturated carbocycles. The number of benzene rings is 2. The van der Waals surface area contributed by atoms with Crippen molar-refractivity contribution in [1.29, 1.82) is 0 Å². The Hall–Kier alpha value is -4.63. The maximum Gasteiger partial charge on any atom is 0.246 e. The van der Waals surface area contributed by atoms with Gasteiger partial charge < -0.3 is 40.6 Å². The molecule has 50 heavy (non-hydrogen) atoms. The van der Waals surface area contributed by atoms with Gasteiger partial charge in [0.1, 0.15) is 24.7 Å². The Morgan fingerprint density at radius 2 is 1.58 bits per heavy atom. The summed E-state index contributed by atoms with van der Waals surface area (Å²) >= 11 is 0. The normalized spacial score (nSPS) is 18.6. The number of nitrogens with two attached hydrogens (primary N) is 1. The number of rotatable bonds is 17. The number of ether oxygens (including phenoxy) is 2. The van der Waals surface area contributed by atoms with Crippen LogP contribution in [0.4, 0.5) is 0 Å². The zero-order chi connectivity index (χ0) is 35.7. The van der Waals surface area contributed by atoms with Crippen molar-refractivity contribution in [2.24, 2.45) is 5.73 Å². The van der Waals surface area contributed by atoms with Gasteiger partial charge in [-0.3, -0.25) is 24.1 Å². The van der Waals surface area contributed by atoms with Crippen LogP contribution in [0.3, 0.4) is 0 Å². The zero-order valence-corrected chi connectivity index (χ0v) is 29.1. The average Bonchev–Trinajstić information content (AvgIpc) is 3.40. The van der Waals surface area contributed by atoms with E-state index in [4.69, 9.17) is 15.2 Å². The number of aromatic nitrogens is 2. The van der Waals surface area contributed by atoms with E-state index in [-0.39, 0.29) is 61.6 Å². The number of methoxy groups -OCH3 is 2. The maximum absolute atomic E-state index is 12.9. The lowest BCUT2D eigenvalue weighted by atomic mass is 9.99. The number of aryl methyl sites for hydroxylation is 1. The molecule has 0 bridgehead atoms. The van der Waals surface area contributed by atoms with Crippen LogP contribution in [0.2, 0.25) is 0 Å². The first-order valence-electron chi connectivity index (χ1n) is 16.9. The summed E-state index contributed by atoms with van der Waals surface area (Å²) in [7, 11) is 4.59. The second-order valence-corrected chi connectivity index (χ2v) is 12.9. The first kappa shape index (κ1) is 36.6. The molecule has 2 aliphatic heterocycles. The number of carbonyl (C=O) groups is 4. The molecule has 4 amide bonds. The van der Waals surface area contributed by atoms with Crippen molar-refractivity contribution in [3.05, 3.63) is 66.1 Å². The number of likely N-dealkylation sites (N-methyl/N-ethyl adjacent to an activating group) is 1. The molecule has 0 aliphatic carbocycles. The van der Waals surface area contributed by atoms with E-state index in [1.54, 1.807) is 11.9 Å². The summed E-state index contributed by atoms with van der Waals surface area (Å²) in [5, 5.41) is 5.18. The molecule has 268 valence electrons. The molecule has 2 aromatic carbocycles.